The quantitative estimate of drug-likeness (QED) is 0.772. The minimum atomic E-state index is -0.119. The number of phenols is 2. The maximum absolute atomic E-state index is 9.84. The van der Waals surface area contributed by atoms with Gasteiger partial charge < -0.3 is 10.2 Å². The van der Waals surface area contributed by atoms with Crippen LogP contribution < -0.4 is 0 Å². The molecule has 2 aromatic rings. The summed E-state index contributed by atoms with van der Waals surface area (Å²) >= 11 is 0. The van der Waals surface area contributed by atoms with Crippen LogP contribution in [0.2, 0.25) is 0 Å². The lowest BCUT2D eigenvalue weighted by Gasteiger charge is -2.19. The van der Waals surface area contributed by atoms with Gasteiger partial charge in [0.15, 0.2) is 0 Å². The van der Waals surface area contributed by atoms with E-state index in [0.29, 0.717) is 13.1 Å². The third kappa shape index (κ3) is 5.75. The maximum atomic E-state index is 9.84. The standard InChI is InChI=1S/C21H26N2O2/c1-15-5-7-19(24)17(9-15)11-22-13-21(3,4)14-23-12-18-10-16(2)6-8-20(18)25/h5-12,24-25H,13-14H2,1-4H3. The summed E-state index contributed by atoms with van der Waals surface area (Å²) in [6.45, 7) is 9.34. The van der Waals surface area contributed by atoms with E-state index in [4.69, 9.17) is 0 Å². The molecule has 2 aromatic carbocycles. The van der Waals surface area contributed by atoms with E-state index >= 15 is 0 Å². The number of aliphatic imine (C=N–C) groups is 2. The molecule has 0 aliphatic rings. The Kier molecular flexibility index (Phi) is 5.97. The molecule has 0 heterocycles. The predicted octanol–water partition coefficient (Wildman–Crippen LogP) is 4.28. The Bertz CT molecular complexity index is 727. The summed E-state index contributed by atoms with van der Waals surface area (Å²) < 4.78 is 0. The Labute approximate surface area is 149 Å². The van der Waals surface area contributed by atoms with Crippen LogP contribution in [0.1, 0.15) is 36.1 Å². The molecule has 0 atom stereocenters. The third-order valence-electron chi connectivity index (χ3n) is 3.87. The van der Waals surface area contributed by atoms with Crippen LogP contribution >= 0.6 is 0 Å². The summed E-state index contributed by atoms with van der Waals surface area (Å²) in [5.74, 6) is 0.472. The first-order valence-electron chi connectivity index (χ1n) is 8.36. The van der Waals surface area contributed by atoms with Crippen molar-refractivity contribution in [2.75, 3.05) is 13.1 Å². The highest BCUT2D eigenvalue weighted by Crippen LogP contribution is 2.20. The van der Waals surface area contributed by atoms with Crippen molar-refractivity contribution in [1.29, 1.82) is 0 Å². The molecule has 0 amide bonds. The Hall–Kier alpha value is -2.62. The third-order valence-corrected chi connectivity index (χ3v) is 3.87. The van der Waals surface area contributed by atoms with Gasteiger partial charge in [-0.05, 0) is 38.1 Å². The average molecular weight is 338 g/mol. The minimum Gasteiger partial charge on any atom is -0.507 e. The van der Waals surface area contributed by atoms with Gasteiger partial charge in [-0.1, -0.05) is 37.1 Å². The van der Waals surface area contributed by atoms with Crippen LogP contribution in [0.25, 0.3) is 0 Å². The molecule has 0 bridgehead atoms. The van der Waals surface area contributed by atoms with Crippen LogP contribution in [0.15, 0.2) is 46.4 Å². The van der Waals surface area contributed by atoms with Crippen molar-refractivity contribution in [3.05, 3.63) is 58.7 Å². The number of aromatic hydroxyl groups is 2. The summed E-state index contributed by atoms with van der Waals surface area (Å²) in [5.41, 5.74) is 3.50. The first-order chi connectivity index (χ1) is 11.8. The molecule has 0 aromatic heterocycles. The Morgan fingerprint density at radius 3 is 1.60 bits per heavy atom. The van der Waals surface area contributed by atoms with Gasteiger partial charge in [0.05, 0.1) is 0 Å². The van der Waals surface area contributed by atoms with Crippen LogP contribution in [0.4, 0.5) is 0 Å². The van der Waals surface area contributed by atoms with Gasteiger partial charge in [0.25, 0.3) is 0 Å². The van der Waals surface area contributed by atoms with E-state index in [1.807, 2.05) is 38.1 Å². The highest BCUT2D eigenvalue weighted by Gasteiger charge is 2.16. The van der Waals surface area contributed by atoms with Crippen LogP contribution in [0.3, 0.4) is 0 Å². The first-order valence-corrected chi connectivity index (χ1v) is 8.36. The van der Waals surface area contributed by atoms with Gasteiger partial charge in [-0.25, -0.2) is 0 Å². The second kappa shape index (κ2) is 7.97. The van der Waals surface area contributed by atoms with Gasteiger partial charge in [-0.3, -0.25) is 9.98 Å². The van der Waals surface area contributed by atoms with Gasteiger partial charge in [0.1, 0.15) is 11.5 Å². The van der Waals surface area contributed by atoms with Crippen molar-refractivity contribution >= 4 is 12.4 Å². The summed E-state index contributed by atoms with van der Waals surface area (Å²) in [7, 11) is 0. The largest absolute Gasteiger partial charge is 0.507 e. The number of rotatable bonds is 6. The fourth-order valence-corrected chi connectivity index (χ4v) is 2.39. The van der Waals surface area contributed by atoms with E-state index in [2.05, 4.69) is 23.8 Å². The van der Waals surface area contributed by atoms with Gasteiger partial charge in [0, 0.05) is 42.1 Å². The van der Waals surface area contributed by atoms with Crippen LogP contribution in [0.5, 0.6) is 11.5 Å². The number of phenolic OH excluding ortho intramolecular Hbond substituents is 2. The number of benzene rings is 2. The van der Waals surface area contributed by atoms with E-state index in [-0.39, 0.29) is 16.9 Å². The van der Waals surface area contributed by atoms with Crippen LogP contribution in [0, 0.1) is 19.3 Å². The number of aryl methyl sites for hydroxylation is 2. The molecule has 2 N–H and O–H groups in total. The molecular formula is C21H26N2O2. The molecule has 4 heteroatoms. The summed E-state index contributed by atoms with van der Waals surface area (Å²) in [6, 6.07) is 10.9. The zero-order valence-corrected chi connectivity index (χ0v) is 15.3. The molecule has 25 heavy (non-hydrogen) atoms. The van der Waals surface area contributed by atoms with Crippen molar-refractivity contribution in [1.82, 2.24) is 0 Å². The molecule has 0 fully saturated rings. The van der Waals surface area contributed by atoms with Crippen molar-refractivity contribution in [3.63, 3.8) is 0 Å². The van der Waals surface area contributed by atoms with E-state index < -0.39 is 0 Å². The molecule has 0 unspecified atom stereocenters. The second-order valence-corrected chi connectivity index (χ2v) is 7.23. The van der Waals surface area contributed by atoms with Gasteiger partial charge in [-0.15, -0.1) is 0 Å². The minimum absolute atomic E-state index is 0.119. The molecular weight excluding hydrogens is 312 g/mol. The first kappa shape index (κ1) is 18.7. The van der Waals surface area contributed by atoms with Crippen LogP contribution in [-0.2, 0) is 0 Å². The van der Waals surface area contributed by atoms with Crippen molar-refractivity contribution in [2.24, 2.45) is 15.4 Å². The monoisotopic (exact) mass is 338 g/mol. The number of hydrogen-bond donors (Lipinski definition) is 2. The lowest BCUT2D eigenvalue weighted by atomic mass is 9.94. The highest BCUT2D eigenvalue weighted by molar-refractivity contribution is 5.84. The lowest BCUT2D eigenvalue weighted by molar-refractivity contribution is 0.396. The van der Waals surface area contributed by atoms with Crippen molar-refractivity contribution < 1.29 is 10.2 Å². The lowest BCUT2D eigenvalue weighted by Crippen LogP contribution is -2.19. The SMILES string of the molecule is Cc1ccc(O)c(C=NCC(C)(C)CN=Cc2cc(C)ccc2O)c1. The van der Waals surface area contributed by atoms with Crippen molar-refractivity contribution in [2.45, 2.75) is 27.7 Å². The fourth-order valence-electron chi connectivity index (χ4n) is 2.39. The predicted molar refractivity (Wildman–Crippen MR) is 104 cm³/mol. The van der Waals surface area contributed by atoms with E-state index in [1.165, 1.54) is 0 Å². The summed E-state index contributed by atoms with van der Waals surface area (Å²) in [6.07, 6.45) is 3.42. The van der Waals surface area contributed by atoms with E-state index in [9.17, 15) is 10.2 Å². The molecule has 4 nitrogen and oxygen atoms in total. The van der Waals surface area contributed by atoms with E-state index in [1.54, 1.807) is 24.6 Å². The molecule has 0 aliphatic carbocycles. The second-order valence-electron chi connectivity index (χ2n) is 7.23. The van der Waals surface area contributed by atoms with E-state index in [0.717, 1.165) is 22.3 Å². The Morgan fingerprint density at radius 2 is 1.20 bits per heavy atom. The zero-order valence-electron chi connectivity index (χ0n) is 15.3. The Balaban J connectivity index is 1.97. The van der Waals surface area contributed by atoms with Crippen LogP contribution in [-0.4, -0.2) is 35.7 Å². The summed E-state index contributed by atoms with van der Waals surface area (Å²) in [5, 5.41) is 19.7. The molecule has 132 valence electrons. The van der Waals surface area contributed by atoms with Crippen molar-refractivity contribution in [3.8, 4) is 11.5 Å². The van der Waals surface area contributed by atoms with Gasteiger partial charge in [0.2, 0.25) is 0 Å². The molecule has 2 rings (SSSR count). The fraction of sp³-hybridized carbons (Fsp3) is 0.333. The van der Waals surface area contributed by atoms with Gasteiger partial charge >= 0.3 is 0 Å². The topological polar surface area (TPSA) is 65.2 Å². The maximum Gasteiger partial charge on any atom is 0.124 e. The summed E-state index contributed by atoms with van der Waals surface area (Å²) in [4.78, 5) is 8.93. The average Bonchev–Trinajstić information content (AvgIpc) is 2.54. The normalized spacial score (nSPS) is 12.3. The smallest absolute Gasteiger partial charge is 0.124 e. The molecule has 0 aliphatic heterocycles. The Morgan fingerprint density at radius 1 is 0.800 bits per heavy atom. The molecule has 0 saturated carbocycles. The highest BCUT2D eigenvalue weighted by atomic mass is 16.3. The molecule has 0 radical (unpaired) electrons. The molecule has 0 saturated heterocycles. The number of hydrogen-bond acceptors (Lipinski definition) is 4. The zero-order chi connectivity index (χ0) is 18.4. The molecule has 0 spiro atoms. The van der Waals surface area contributed by atoms with Gasteiger partial charge in [-0.2, -0.15) is 0 Å². The number of nitrogens with zero attached hydrogens (tertiary/aromatic N) is 2.